The van der Waals surface area contributed by atoms with E-state index < -0.39 is 12.2 Å². The first-order valence-corrected chi connectivity index (χ1v) is 11.0. The molecule has 4 atom stereocenters. The standard InChI is InChI=1S/C26H33FO3/c1-16-12-17(6-9-22(16)27)20-15-25(4)10-11-26(5,24(25,2)3)21(20)8-7-19-13-18(28)14-23(29)30-19/h6-9,12,18-19,28H,10-11,13-15H2,1-5H3. The van der Waals surface area contributed by atoms with Gasteiger partial charge in [0.1, 0.15) is 11.9 Å². The summed E-state index contributed by atoms with van der Waals surface area (Å²) in [5, 5.41) is 9.96. The number of hydrogen-bond donors (Lipinski definition) is 1. The van der Waals surface area contributed by atoms with E-state index in [0.29, 0.717) is 12.0 Å². The number of cyclic esters (lactones) is 1. The summed E-state index contributed by atoms with van der Waals surface area (Å²) in [5.41, 5.74) is 4.48. The van der Waals surface area contributed by atoms with Crippen molar-refractivity contribution in [1.29, 1.82) is 0 Å². The van der Waals surface area contributed by atoms with Crippen LogP contribution in [0.3, 0.4) is 0 Å². The highest BCUT2D eigenvalue weighted by Crippen LogP contribution is 2.71. The van der Waals surface area contributed by atoms with Crippen LogP contribution in [0.2, 0.25) is 0 Å². The molecular weight excluding hydrogens is 379 g/mol. The number of halogens is 1. The number of esters is 1. The third kappa shape index (κ3) is 3.15. The third-order valence-corrected chi connectivity index (χ3v) is 8.73. The van der Waals surface area contributed by atoms with Gasteiger partial charge >= 0.3 is 5.97 Å². The van der Waals surface area contributed by atoms with Gasteiger partial charge in [-0.05, 0) is 82.9 Å². The number of ether oxygens (including phenoxy) is 1. The van der Waals surface area contributed by atoms with Gasteiger partial charge in [-0.25, -0.2) is 4.39 Å². The number of benzene rings is 1. The number of hydrogen-bond acceptors (Lipinski definition) is 3. The SMILES string of the molecule is Cc1cc(C2=C(C=CC3CC(O)CC(=O)O3)C3(C)CCC(C)(C2)C3(C)C)ccc1F. The van der Waals surface area contributed by atoms with Gasteiger partial charge in [-0.1, -0.05) is 39.8 Å². The quantitative estimate of drug-likeness (QED) is 0.643. The zero-order chi connectivity index (χ0) is 21.9. The van der Waals surface area contributed by atoms with Gasteiger partial charge in [0, 0.05) is 6.42 Å². The number of carbonyl (C=O) groups is 1. The second-order valence-corrected chi connectivity index (χ2v) is 10.5. The Morgan fingerprint density at radius 3 is 2.60 bits per heavy atom. The number of aliphatic hydroxyl groups excluding tert-OH is 1. The third-order valence-electron chi connectivity index (χ3n) is 8.73. The number of aliphatic hydroxyl groups is 1. The molecule has 2 bridgehead atoms. The summed E-state index contributed by atoms with van der Waals surface area (Å²) in [6.07, 6.45) is 6.67. The molecule has 4 rings (SSSR count). The van der Waals surface area contributed by atoms with Gasteiger partial charge in [0.05, 0.1) is 12.5 Å². The molecule has 0 amide bonds. The van der Waals surface area contributed by atoms with E-state index in [4.69, 9.17) is 4.74 Å². The van der Waals surface area contributed by atoms with E-state index in [1.165, 1.54) is 11.1 Å². The van der Waals surface area contributed by atoms with Crippen LogP contribution in [0.1, 0.15) is 70.9 Å². The van der Waals surface area contributed by atoms with Crippen LogP contribution in [0.4, 0.5) is 4.39 Å². The smallest absolute Gasteiger partial charge is 0.309 e. The van der Waals surface area contributed by atoms with Crippen LogP contribution < -0.4 is 0 Å². The minimum Gasteiger partial charge on any atom is -0.458 e. The maximum absolute atomic E-state index is 14.0. The molecule has 0 spiro atoms. The predicted octanol–water partition coefficient (Wildman–Crippen LogP) is 5.75. The summed E-state index contributed by atoms with van der Waals surface area (Å²) in [4.78, 5) is 11.8. The molecule has 30 heavy (non-hydrogen) atoms. The number of fused-ring (bicyclic) bond motifs is 2. The molecule has 1 heterocycles. The molecule has 2 aliphatic carbocycles. The largest absolute Gasteiger partial charge is 0.458 e. The maximum Gasteiger partial charge on any atom is 0.309 e. The predicted molar refractivity (Wildman–Crippen MR) is 116 cm³/mol. The lowest BCUT2D eigenvalue weighted by Gasteiger charge is -2.53. The molecule has 3 aliphatic rings. The van der Waals surface area contributed by atoms with Crippen molar-refractivity contribution in [2.24, 2.45) is 16.2 Å². The highest BCUT2D eigenvalue weighted by atomic mass is 19.1. The van der Waals surface area contributed by atoms with E-state index in [1.54, 1.807) is 6.07 Å². The van der Waals surface area contributed by atoms with Gasteiger partial charge in [-0.3, -0.25) is 4.79 Å². The van der Waals surface area contributed by atoms with Crippen molar-refractivity contribution < 1.29 is 19.0 Å². The van der Waals surface area contributed by atoms with E-state index in [1.807, 2.05) is 25.1 Å². The number of aryl methyl sites for hydroxylation is 1. The Hall–Kier alpha value is -1.94. The Bertz CT molecular complexity index is 944. The van der Waals surface area contributed by atoms with Crippen LogP contribution in [0.15, 0.2) is 35.9 Å². The fourth-order valence-corrected chi connectivity index (χ4v) is 5.92. The average Bonchev–Trinajstić information content (AvgIpc) is 2.76. The van der Waals surface area contributed by atoms with E-state index in [-0.39, 0.29) is 34.5 Å². The van der Waals surface area contributed by atoms with Crippen LogP contribution in [-0.4, -0.2) is 23.3 Å². The molecule has 4 unspecified atom stereocenters. The minimum absolute atomic E-state index is 0.0363. The summed E-state index contributed by atoms with van der Waals surface area (Å²) in [5.74, 6) is -0.536. The zero-order valence-corrected chi connectivity index (χ0v) is 18.7. The maximum atomic E-state index is 14.0. The van der Waals surface area contributed by atoms with E-state index in [0.717, 1.165) is 24.8 Å². The van der Waals surface area contributed by atoms with Crippen molar-refractivity contribution in [1.82, 2.24) is 0 Å². The molecule has 1 aromatic carbocycles. The van der Waals surface area contributed by atoms with Crippen molar-refractivity contribution in [3.8, 4) is 0 Å². The number of rotatable bonds is 3. The second-order valence-electron chi connectivity index (χ2n) is 10.5. The van der Waals surface area contributed by atoms with E-state index >= 15 is 0 Å². The Morgan fingerprint density at radius 1 is 1.20 bits per heavy atom. The summed E-state index contributed by atoms with van der Waals surface area (Å²) in [6, 6.07) is 5.40. The average molecular weight is 413 g/mol. The molecule has 4 heteroatoms. The van der Waals surface area contributed by atoms with Crippen LogP contribution in [-0.2, 0) is 9.53 Å². The van der Waals surface area contributed by atoms with Crippen LogP contribution in [0.5, 0.6) is 0 Å². The number of allylic oxidation sites excluding steroid dienone is 3. The zero-order valence-electron chi connectivity index (χ0n) is 18.7. The lowest BCUT2D eigenvalue weighted by molar-refractivity contribution is -0.156. The Kier molecular flexibility index (Phi) is 5.00. The monoisotopic (exact) mass is 412 g/mol. The molecule has 0 aromatic heterocycles. The first-order valence-electron chi connectivity index (χ1n) is 11.0. The van der Waals surface area contributed by atoms with E-state index in [9.17, 15) is 14.3 Å². The number of carbonyl (C=O) groups excluding carboxylic acids is 1. The van der Waals surface area contributed by atoms with Crippen LogP contribution in [0.25, 0.3) is 5.57 Å². The van der Waals surface area contributed by atoms with Crippen molar-refractivity contribution in [3.63, 3.8) is 0 Å². The Labute approximate surface area is 179 Å². The lowest BCUT2D eigenvalue weighted by Crippen LogP contribution is -2.44. The fourth-order valence-electron chi connectivity index (χ4n) is 5.92. The Balaban J connectivity index is 1.82. The molecule has 0 radical (unpaired) electrons. The van der Waals surface area contributed by atoms with E-state index in [2.05, 4.69) is 33.8 Å². The van der Waals surface area contributed by atoms with Crippen LogP contribution in [0, 0.1) is 29.0 Å². The summed E-state index contributed by atoms with van der Waals surface area (Å²) in [7, 11) is 0. The van der Waals surface area contributed by atoms with Crippen molar-refractivity contribution in [3.05, 3.63) is 52.9 Å². The molecule has 1 aromatic rings. The molecule has 2 fully saturated rings. The molecule has 162 valence electrons. The van der Waals surface area contributed by atoms with Gasteiger partial charge < -0.3 is 9.84 Å². The fraction of sp³-hybridized carbons (Fsp3) is 0.577. The second kappa shape index (κ2) is 7.05. The highest BCUT2D eigenvalue weighted by Gasteiger charge is 2.62. The summed E-state index contributed by atoms with van der Waals surface area (Å²) >= 11 is 0. The van der Waals surface area contributed by atoms with Crippen molar-refractivity contribution >= 4 is 11.5 Å². The molecule has 1 N–H and O–H groups in total. The van der Waals surface area contributed by atoms with Gasteiger partial charge in [0.2, 0.25) is 0 Å². The van der Waals surface area contributed by atoms with Gasteiger partial charge in [-0.15, -0.1) is 0 Å². The van der Waals surface area contributed by atoms with Gasteiger partial charge in [0.15, 0.2) is 0 Å². The molecule has 1 saturated heterocycles. The first-order chi connectivity index (χ1) is 14.0. The summed E-state index contributed by atoms with van der Waals surface area (Å²) in [6.45, 7) is 11.3. The van der Waals surface area contributed by atoms with Crippen molar-refractivity contribution in [2.75, 3.05) is 0 Å². The highest BCUT2D eigenvalue weighted by molar-refractivity contribution is 5.76. The molecular formula is C26H33FO3. The van der Waals surface area contributed by atoms with Gasteiger partial charge in [-0.2, -0.15) is 0 Å². The normalized spacial score (nSPS) is 35.8. The lowest BCUT2D eigenvalue weighted by atomic mass is 9.51. The molecule has 3 nitrogen and oxygen atoms in total. The summed E-state index contributed by atoms with van der Waals surface area (Å²) < 4.78 is 19.4. The van der Waals surface area contributed by atoms with Crippen molar-refractivity contribution in [2.45, 2.75) is 78.9 Å². The minimum atomic E-state index is -0.651. The molecule has 1 saturated carbocycles. The molecule has 1 aliphatic heterocycles. The van der Waals surface area contributed by atoms with Gasteiger partial charge in [0.25, 0.3) is 0 Å². The Morgan fingerprint density at radius 2 is 1.93 bits per heavy atom. The van der Waals surface area contributed by atoms with Crippen LogP contribution >= 0.6 is 0 Å². The topological polar surface area (TPSA) is 46.5 Å². The first kappa shape index (κ1) is 21.3.